The van der Waals surface area contributed by atoms with Crippen LogP contribution in [0.3, 0.4) is 0 Å². The van der Waals surface area contributed by atoms with Crippen LogP contribution in [0.4, 0.5) is 0 Å². The van der Waals surface area contributed by atoms with Crippen LogP contribution in [0.2, 0.25) is 0 Å². The summed E-state index contributed by atoms with van der Waals surface area (Å²) in [6, 6.07) is 19.5. The van der Waals surface area contributed by atoms with E-state index in [1.807, 2.05) is 67.6 Å². The minimum atomic E-state index is -0.274. The van der Waals surface area contributed by atoms with Crippen molar-refractivity contribution in [2.75, 3.05) is 0 Å². The fourth-order valence-corrected chi connectivity index (χ4v) is 3.02. The number of hydrogen-bond acceptors (Lipinski definition) is 6. The maximum absolute atomic E-state index is 12.2. The van der Waals surface area contributed by atoms with Gasteiger partial charge in [-0.2, -0.15) is 4.68 Å². The zero-order valence-electron chi connectivity index (χ0n) is 13.8. The first kappa shape index (κ1) is 17.2. The van der Waals surface area contributed by atoms with Crippen LogP contribution in [0.1, 0.15) is 18.3 Å². The van der Waals surface area contributed by atoms with E-state index in [0.29, 0.717) is 5.82 Å². The minimum Gasteiger partial charge on any atom is -0.457 e. The summed E-state index contributed by atoms with van der Waals surface area (Å²) in [7, 11) is 0. The van der Waals surface area contributed by atoms with Gasteiger partial charge >= 0.3 is 5.97 Å². The number of para-hydroxylation sites is 1. The van der Waals surface area contributed by atoms with Gasteiger partial charge in [-0.1, -0.05) is 48.5 Å². The maximum Gasteiger partial charge on any atom is 0.319 e. The molecule has 0 fully saturated rings. The van der Waals surface area contributed by atoms with Crippen molar-refractivity contribution >= 4 is 17.7 Å². The van der Waals surface area contributed by atoms with Crippen LogP contribution in [-0.2, 0) is 21.9 Å². The lowest BCUT2D eigenvalue weighted by Gasteiger charge is -2.11. The Labute approximate surface area is 150 Å². The first-order valence-electron chi connectivity index (χ1n) is 7.89. The van der Waals surface area contributed by atoms with Crippen LogP contribution in [0.15, 0.2) is 60.7 Å². The van der Waals surface area contributed by atoms with Crippen molar-refractivity contribution in [2.24, 2.45) is 0 Å². The summed E-state index contributed by atoms with van der Waals surface area (Å²) in [6.07, 6.45) is 0. The quantitative estimate of drug-likeness (QED) is 0.608. The lowest BCUT2D eigenvalue weighted by Crippen LogP contribution is -2.18. The van der Waals surface area contributed by atoms with Gasteiger partial charge in [0.15, 0.2) is 12.4 Å². The number of rotatable bonds is 7. The molecule has 2 aromatic carbocycles. The molecule has 0 radical (unpaired) electrons. The molecule has 0 aliphatic rings. The van der Waals surface area contributed by atoms with Crippen molar-refractivity contribution in [3.8, 4) is 5.69 Å². The van der Waals surface area contributed by atoms with Gasteiger partial charge in [-0.3, -0.25) is 4.79 Å². The van der Waals surface area contributed by atoms with Gasteiger partial charge in [0.1, 0.15) is 0 Å². The summed E-state index contributed by atoms with van der Waals surface area (Å²) in [5.41, 5.74) is 2.00. The number of aromatic nitrogens is 4. The zero-order valence-corrected chi connectivity index (χ0v) is 14.6. The van der Waals surface area contributed by atoms with Crippen molar-refractivity contribution in [3.05, 3.63) is 72.1 Å². The summed E-state index contributed by atoms with van der Waals surface area (Å²) in [6.45, 7) is 1.88. The molecule has 25 heavy (non-hydrogen) atoms. The van der Waals surface area contributed by atoms with E-state index in [1.165, 1.54) is 5.56 Å². The number of esters is 1. The van der Waals surface area contributed by atoms with E-state index < -0.39 is 0 Å². The highest BCUT2D eigenvalue weighted by Gasteiger charge is 2.17. The molecule has 7 heteroatoms. The van der Waals surface area contributed by atoms with Crippen LogP contribution in [0, 0.1) is 0 Å². The van der Waals surface area contributed by atoms with E-state index in [4.69, 9.17) is 4.74 Å². The van der Waals surface area contributed by atoms with Gasteiger partial charge in [0.2, 0.25) is 0 Å². The first-order valence-corrected chi connectivity index (χ1v) is 8.94. The van der Waals surface area contributed by atoms with Crippen LogP contribution in [-0.4, -0.2) is 31.4 Å². The largest absolute Gasteiger partial charge is 0.457 e. The summed E-state index contributed by atoms with van der Waals surface area (Å²) < 4.78 is 6.94. The summed E-state index contributed by atoms with van der Waals surface area (Å²) in [5, 5.41) is 11.3. The van der Waals surface area contributed by atoms with Gasteiger partial charge in [-0.05, 0) is 35.0 Å². The van der Waals surface area contributed by atoms with Gasteiger partial charge in [-0.25, -0.2) is 0 Å². The third kappa shape index (κ3) is 4.67. The monoisotopic (exact) mass is 354 g/mol. The number of hydrogen-bond donors (Lipinski definition) is 0. The van der Waals surface area contributed by atoms with E-state index in [2.05, 4.69) is 15.5 Å². The fraction of sp³-hybridized carbons (Fsp3) is 0.222. The molecule has 1 unspecified atom stereocenters. The molecule has 0 amide bonds. The molecule has 128 valence electrons. The Morgan fingerprint density at radius 3 is 2.52 bits per heavy atom. The fourth-order valence-electron chi connectivity index (χ4n) is 2.18. The average Bonchev–Trinajstić information content (AvgIpc) is 3.14. The van der Waals surface area contributed by atoms with E-state index in [-0.39, 0.29) is 17.8 Å². The van der Waals surface area contributed by atoms with Gasteiger partial charge in [-0.15, -0.1) is 16.9 Å². The Kier molecular flexibility index (Phi) is 5.79. The molecule has 6 nitrogen and oxygen atoms in total. The molecular weight excluding hydrogens is 336 g/mol. The molecule has 0 bridgehead atoms. The second-order valence-corrected chi connectivity index (χ2v) is 6.72. The summed E-state index contributed by atoms with van der Waals surface area (Å²) >= 11 is 1.54. The second kappa shape index (κ2) is 8.43. The Hall–Kier alpha value is -2.67. The molecule has 0 saturated heterocycles. The molecule has 3 rings (SSSR count). The molecule has 1 atom stereocenters. The van der Waals surface area contributed by atoms with Crippen LogP contribution in [0.25, 0.3) is 5.69 Å². The predicted octanol–water partition coefficient (Wildman–Crippen LogP) is 3.03. The molecule has 0 N–H and O–H groups in total. The van der Waals surface area contributed by atoms with Crippen LogP contribution in [0.5, 0.6) is 0 Å². The summed E-state index contributed by atoms with van der Waals surface area (Å²) in [5.74, 6) is 0.974. The lowest BCUT2D eigenvalue weighted by atomic mass is 10.2. The molecule has 1 heterocycles. The number of carbonyl (C=O) groups excluding carboxylic acids is 1. The molecule has 0 spiro atoms. The van der Waals surface area contributed by atoms with E-state index >= 15 is 0 Å². The Bertz CT molecular complexity index is 808. The van der Waals surface area contributed by atoms with E-state index in [0.717, 1.165) is 11.4 Å². The standard InChI is InChI=1S/C18H18N4O2S/c1-14(25-13-15-8-4-2-5-9-15)18(23)24-12-17-19-20-21-22(17)16-10-6-3-7-11-16/h2-11,14H,12-13H2,1H3. The highest BCUT2D eigenvalue weighted by atomic mass is 32.2. The maximum atomic E-state index is 12.2. The average molecular weight is 354 g/mol. The third-order valence-electron chi connectivity index (χ3n) is 3.55. The number of benzene rings is 2. The number of tetrazole rings is 1. The lowest BCUT2D eigenvalue weighted by molar-refractivity contribution is -0.144. The summed E-state index contributed by atoms with van der Waals surface area (Å²) in [4.78, 5) is 12.2. The highest BCUT2D eigenvalue weighted by molar-refractivity contribution is 7.99. The van der Waals surface area contributed by atoms with Gasteiger partial charge in [0, 0.05) is 5.75 Å². The number of nitrogens with zero attached hydrogens (tertiary/aromatic N) is 4. The first-order chi connectivity index (χ1) is 12.2. The number of ether oxygens (including phenoxy) is 1. The second-order valence-electron chi connectivity index (χ2n) is 5.39. The van der Waals surface area contributed by atoms with Gasteiger partial charge in [0.25, 0.3) is 0 Å². The minimum absolute atomic E-state index is 0.0387. The highest BCUT2D eigenvalue weighted by Crippen LogP contribution is 2.19. The molecular formula is C18H18N4O2S. The normalized spacial score (nSPS) is 11.9. The molecule has 1 aromatic heterocycles. The molecule has 0 saturated carbocycles. The molecule has 0 aliphatic heterocycles. The van der Waals surface area contributed by atoms with E-state index in [9.17, 15) is 4.79 Å². The Morgan fingerprint density at radius 2 is 1.80 bits per heavy atom. The van der Waals surface area contributed by atoms with Crippen molar-refractivity contribution in [3.63, 3.8) is 0 Å². The Morgan fingerprint density at radius 1 is 1.12 bits per heavy atom. The van der Waals surface area contributed by atoms with Crippen LogP contribution < -0.4 is 0 Å². The number of carbonyl (C=O) groups is 1. The van der Waals surface area contributed by atoms with Gasteiger partial charge < -0.3 is 4.74 Å². The zero-order chi connectivity index (χ0) is 17.5. The third-order valence-corrected chi connectivity index (χ3v) is 4.75. The van der Waals surface area contributed by atoms with Crippen molar-refractivity contribution < 1.29 is 9.53 Å². The SMILES string of the molecule is CC(SCc1ccccc1)C(=O)OCc1nnnn1-c1ccccc1. The van der Waals surface area contributed by atoms with Gasteiger partial charge in [0.05, 0.1) is 10.9 Å². The van der Waals surface area contributed by atoms with Crippen molar-refractivity contribution in [1.82, 2.24) is 20.2 Å². The topological polar surface area (TPSA) is 69.9 Å². The molecule has 3 aromatic rings. The smallest absolute Gasteiger partial charge is 0.319 e. The van der Waals surface area contributed by atoms with Crippen molar-refractivity contribution in [2.45, 2.75) is 24.5 Å². The Balaban J connectivity index is 1.53. The van der Waals surface area contributed by atoms with Crippen molar-refractivity contribution in [1.29, 1.82) is 0 Å². The van der Waals surface area contributed by atoms with Crippen LogP contribution >= 0.6 is 11.8 Å². The molecule has 0 aliphatic carbocycles. The number of thioether (sulfide) groups is 1. The predicted molar refractivity (Wildman–Crippen MR) is 96.1 cm³/mol. The van der Waals surface area contributed by atoms with E-state index in [1.54, 1.807) is 16.4 Å².